The minimum absolute atomic E-state index is 0.225. The molecule has 0 spiro atoms. The molecule has 0 amide bonds. The molecule has 0 aromatic carbocycles. The Bertz CT molecular complexity index is 430. The molecule has 1 atom stereocenters. The lowest BCUT2D eigenvalue weighted by atomic mass is 9.91. The van der Waals surface area contributed by atoms with Crippen molar-refractivity contribution in [3.05, 3.63) is 29.1 Å². The molecule has 2 N–H and O–H groups in total. The van der Waals surface area contributed by atoms with Crippen LogP contribution >= 0.6 is 12.6 Å². The van der Waals surface area contributed by atoms with Crippen LogP contribution in [-0.2, 0) is 12.8 Å². The summed E-state index contributed by atoms with van der Waals surface area (Å²) >= 11 is 3.86. The molecule has 0 aliphatic heterocycles. The van der Waals surface area contributed by atoms with E-state index >= 15 is 0 Å². The lowest BCUT2D eigenvalue weighted by Crippen LogP contribution is -2.37. The van der Waals surface area contributed by atoms with E-state index in [4.69, 9.17) is 5.73 Å². The first kappa shape index (κ1) is 15.2. The summed E-state index contributed by atoms with van der Waals surface area (Å²) in [5.41, 5.74) is 8.47. The van der Waals surface area contributed by atoms with Gasteiger partial charge in [-0.15, -0.1) is 0 Å². The van der Waals surface area contributed by atoms with Gasteiger partial charge in [0.2, 0.25) is 5.12 Å². The second-order valence-electron chi connectivity index (χ2n) is 5.09. The van der Waals surface area contributed by atoms with Crippen molar-refractivity contribution in [3.8, 4) is 0 Å². The van der Waals surface area contributed by atoms with Gasteiger partial charge in [0, 0.05) is 11.7 Å². The fraction of sp³-hybridized carbons (Fsp3) is 0.571. The minimum Gasteiger partial charge on any atom is -0.325 e. The minimum atomic E-state index is -0.268. The maximum absolute atomic E-state index is 11.4. The van der Waals surface area contributed by atoms with Crippen LogP contribution in [0.4, 0.5) is 0 Å². The lowest BCUT2D eigenvalue weighted by Gasteiger charge is -2.23. The van der Waals surface area contributed by atoms with E-state index in [0.717, 1.165) is 36.8 Å². The van der Waals surface area contributed by atoms with Crippen LogP contribution in [0, 0.1) is 0 Å². The predicted molar refractivity (Wildman–Crippen MR) is 78.1 cm³/mol. The van der Waals surface area contributed by atoms with Gasteiger partial charge in [-0.05, 0) is 37.3 Å². The number of carbonyl (C=O) groups is 1. The third-order valence-electron chi connectivity index (χ3n) is 3.16. The average Bonchev–Trinajstić information content (AvgIpc) is 2.29. The number of aryl methyl sites for hydroxylation is 1. The molecule has 18 heavy (non-hydrogen) atoms. The summed E-state index contributed by atoms with van der Waals surface area (Å²) in [6.07, 6.45) is 5.24. The van der Waals surface area contributed by atoms with Gasteiger partial charge in [0.15, 0.2) is 0 Å². The third kappa shape index (κ3) is 4.10. The molecule has 1 unspecified atom stereocenters. The molecular formula is C14H22N2OS. The zero-order valence-corrected chi connectivity index (χ0v) is 12.3. The molecule has 100 valence electrons. The first-order valence-corrected chi connectivity index (χ1v) is 6.84. The number of hydrogen-bond donors (Lipinski definition) is 2. The highest BCUT2D eigenvalue weighted by Gasteiger charge is 2.18. The molecule has 1 rings (SSSR count). The van der Waals surface area contributed by atoms with Gasteiger partial charge in [-0.25, -0.2) is 0 Å². The topological polar surface area (TPSA) is 56.0 Å². The van der Waals surface area contributed by atoms with Crippen LogP contribution in [0.1, 0.15) is 55.2 Å². The maximum Gasteiger partial charge on any atom is 0.234 e. The molecule has 0 bridgehead atoms. The highest BCUT2D eigenvalue weighted by Crippen LogP contribution is 2.18. The van der Waals surface area contributed by atoms with Gasteiger partial charge in [-0.3, -0.25) is 9.78 Å². The molecule has 0 fully saturated rings. The van der Waals surface area contributed by atoms with Gasteiger partial charge in [0.05, 0.1) is 0 Å². The van der Waals surface area contributed by atoms with Crippen molar-refractivity contribution >= 4 is 17.7 Å². The molecule has 1 aromatic heterocycles. The number of carbonyl (C=O) groups excluding carboxylic acids is 1. The number of nitrogens with zero attached hydrogens (tertiary/aromatic N) is 1. The summed E-state index contributed by atoms with van der Waals surface area (Å²) in [4.78, 5) is 15.6. The van der Waals surface area contributed by atoms with E-state index in [-0.39, 0.29) is 10.7 Å². The Morgan fingerprint density at radius 3 is 2.67 bits per heavy atom. The van der Waals surface area contributed by atoms with Crippen molar-refractivity contribution in [2.24, 2.45) is 5.73 Å². The Balaban J connectivity index is 3.03. The van der Waals surface area contributed by atoms with Crippen molar-refractivity contribution in [2.45, 2.75) is 52.0 Å². The van der Waals surface area contributed by atoms with Gasteiger partial charge < -0.3 is 5.73 Å². The second kappa shape index (κ2) is 6.34. The molecule has 0 radical (unpaired) electrons. The quantitative estimate of drug-likeness (QED) is 0.778. The normalized spacial score (nSPS) is 14.3. The Kier molecular flexibility index (Phi) is 5.35. The van der Waals surface area contributed by atoms with Gasteiger partial charge in [0.1, 0.15) is 5.69 Å². The zero-order valence-electron chi connectivity index (χ0n) is 11.4. The summed E-state index contributed by atoms with van der Waals surface area (Å²) in [5.74, 6) is 0. The molecule has 0 saturated carbocycles. The monoisotopic (exact) mass is 266 g/mol. The van der Waals surface area contributed by atoms with E-state index in [1.807, 2.05) is 13.0 Å². The van der Waals surface area contributed by atoms with Crippen molar-refractivity contribution in [3.63, 3.8) is 0 Å². The number of rotatable bonds is 6. The van der Waals surface area contributed by atoms with Gasteiger partial charge in [0.25, 0.3) is 0 Å². The standard InChI is InChI=1S/C14H22N2OS/c1-4-6-11-7-10(8-14(3,15)5-2)9-16-12(11)13(17)18/h7,9H,4-6,8,15H2,1-3H3,(H,17,18). The van der Waals surface area contributed by atoms with Crippen molar-refractivity contribution in [1.29, 1.82) is 0 Å². The van der Waals surface area contributed by atoms with Crippen LogP contribution in [-0.4, -0.2) is 15.6 Å². The summed E-state index contributed by atoms with van der Waals surface area (Å²) in [5, 5.41) is -0.268. The van der Waals surface area contributed by atoms with Crippen molar-refractivity contribution in [2.75, 3.05) is 0 Å². The van der Waals surface area contributed by atoms with Crippen LogP contribution < -0.4 is 5.73 Å². The van der Waals surface area contributed by atoms with Gasteiger partial charge >= 0.3 is 0 Å². The Morgan fingerprint density at radius 2 is 2.17 bits per heavy atom. The Hall–Kier alpha value is -0.870. The molecule has 1 aromatic rings. The van der Waals surface area contributed by atoms with E-state index in [1.54, 1.807) is 6.20 Å². The fourth-order valence-corrected chi connectivity index (χ4v) is 2.10. The highest BCUT2D eigenvalue weighted by molar-refractivity contribution is 7.97. The Labute approximate surface area is 115 Å². The highest BCUT2D eigenvalue weighted by atomic mass is 32.1. The van der Waals surface area contributed by atoms with Crippen molar-refractivity contribution in [1.82, 2.24) is 4.98 Å². The van der Waals surface area contributed by atoms with Crippen LogP contribution in [0.25, 0.3) is 0 Å². The van der Waals surface area contributed by atoms with Gasteiger partial charge in [-0.1, -0.05) is 39.0 Å². The fourth-order valence-electron chi connectivity index (χ4n) is 1.90. The molecule has 0 saturated heterocycles. The molecular weight excluding hydrogens is 244 g/mol. The number of aromatic nitrogens is 1. The predicted octanol–water partition coefficient (Wildman–Crippen LogP) is 2.77. The molecule has 0 aliphatic rings. The number of hydrogen-bond acceptors (Lipinski definition) is 3. The van der Waals surface area contributed by atoms with E-state index < -0.39 is 0 Å². The summed E-state index contributed by atoms with van der Waals surface area (Å²) in [6, 6.07) is 2.04. The van der Waals surface area contributed by atoms with E-state index in [9.17, 15) is 4.79 Å². The van der Waals surface area contributed by atoms with E-state index in [0.29, 0.717) is 5.69 Å². The van der Waals surface area contributed by atoms with E-state index in [1.165, 1.54) is 0 Å². The summed E-state index contributed by atoms with van der Waals surface area (Å²) in [6.45, 7) is 6.19. The average molecular weight is 266 g/mol. The first-order chi connectivity index (χ1) is 8.39. The Morgan fingerprint density at radius 1 is 1.50 bits per heavy atom. The third-order valence-corrected chi connectivity index (χ3v) is 3.37. The largest absolute Gasteiger partial charge is 0.325 e. The van der Waals surface area contributed by atoms with Gasteiger partial charge in [-0.2, -0.15) is 0 Å². The molecule has 1 heterocycles. The zero-order chi connectivity index (χ0) is 13.8. The van der Waals surface area contributed by atoms with Crippen LogP contribution in [0.5, 0.6) is 0 Å². The SMILES string of the molecule is CCCc1cc(CC(C)(N)CC)cnc1C(=O)S. The van der Waals surface area contributed by atoms with Crippen LogP contribution in [0.15, 0.2) is 12.3 Å². The first-order valence-electron chi connectivity index (χ1n) is 6.39. The second-order valence-corrected chi connectivity index (χ2v) is 5.50. The summed E-state index contributed by atoms with van der Waals surface area (Å²) < 4.78 is 0. The smallest absolute Gasteiger partial charge is 0.234 e. The lowest BCUT2D eigenvalue weighted by molar-refractivity contribution is 0.108. The number of thiol groups is 1. The maximum atomic E-state index is 11.4. The molecule has 4 heteroatoms. The summed E-state index contributed by atoms with van der Waals surface area (Å²) in [7, 11) is 0. The van der Waals surface area contributed by atoms with Crippen LogP contribution in [0.2, 0.25) is 0 Å². The number of pyridine rings is 1. The molecule has 3 nitrogen and oxygen atoms in total. The van der Waals surface area contributed by atoms with Crippen LogP contribution in [0.3, 0.4) is 0 Å². The number of nitrogens with two attached hydrogens (primary N) is 1. The molecule has 0 aliphatic carbocycles. The van der Waals surface area contributed by atoms with Crippen molar-refractivity contribution < 1.29 is 4.79 Å². The van der Waals surface area contributed by atoms with E-state index in [2.05, 4.69) is 31.5 Å².